The number of hydrogen-bond acceptors (Lipinski definition) is 11. The molecule has 3 heterocycles. The Labute approximate surface area is 418 Å². The number of rotatable bonds is 20. The number of nitriles is 1. The number of anilines is 2. The van der Waals surface area contributed by atoms with Crippen LogP contribution in [0.5, 0.6) is 5.75 Å². The number of unbranched alkanes of at least 4 members (excludes halogenated alkanes) is 1. The molecule has 0 aromatic heterocycles. The van der Waals surface area contributed by atoms with Crippen molar-refractivity contribution in [3.8, 4) is 11.8 Å². The lowest BCUT2D eigenvalue weighted by molar-refractivity contribution is -0.144. The molecule has 3 N–H and O–H groups in total. The van der Waals surface area contributed by atoms with Gasteiger partial charge in [0, 0.05) is 56.8 Å². The zero-order valence-corrected chi connectivity index (χ0v) is 41.9. The molecule has 380 valence electrons. The second-order valence-electron chi connectivity index (χ2n) is 19.4. The number of hydrogen-bond donors (Lipinski definition) is 3. The van der Waals surface area contributed by atoms with Crippen LogP contribution in [-0.4, -0.2) is 108 Å². The number of ether oxygens (including phenoxy) is 3. The average molecular weight is 1000 g/mol. The highest BCUT2D eigenvalue weighted by Gasteiger charge is 2.51. The van der Waals surface area contributed by atoms with E-state index in [1.54, 1.807) is 49.1 Å². The van der Waals surface area contributed by atoms with Crippen LogP contribution in [0.25, 0.3) is 5.57 Å². The highest BCUT2D eigenvalue weighted by atomic mass is 32.1. The Balaban J connectivity index is 0.874. The van der Waals surface area contributed by atoms with E-state index in [0.29, 0.717) is 50.5 Å². The summed E-state index contributed by atoms with van der Waals surface area (Å²) in [7, 11) is 0. The smallest absolute Gasteiger partial charge is 0.417 e. The van der Waals surface area contributed by atoms with Gasteiger partial charge < -0.3 is 39.8 Å². The minimum absolute atomic E-state index is 0.00673. The fraction of sp³-hybridized carbons (Fsp3) is 0.481. The van der Waals surface area contributed by atoms with Crippen molar-refractivity contribution in [3.63, 3.8) is 0 Å². The maximum atomic E-state index is 14.0. The molecule has 2 saturated heterocycles. The molecule has 0 spiro atoms. The molecule has 1 unspecified atom stereocenters. The number of β-amino-alcohol motifs (C(OH)–C–C–N with tert-alkyl or cyclic N) is 1. The van der Waals surface area contributed by atoms with E-state index in [2.05, 4.69) is 15.6 Å². The number of nitrogens with zero attached hydrogens (tertiary/aromatic N) is 5. The van der Waals surface area contributed by atoms with Crippen molar-refractivity contribution >= 4 is 64.1 Å². The Bertz CT molecular complexity index is 2560. The fourth-order valence-electron chi connectivity index (χ4n) is 8.69. The molecule has 2 fully saturated rings. The van der Waals surface area contributed by atoms with Crippen LogP contribution in [0.1, 0.15) is 109 Å². The molecule has 3 aromatic rings. The van der Waals surface area contributed by atoms with E-state index < -0.39 is 64.2 Å². The fourth-order valence-corrected chi connectivity index (χ4v) is 9.21. The van der Waals surface area contributed by atoms with Crippen LogP contribution in [0.15, 0.2) is 77.4 Å². The summed E-state index contributed by atoms with van der Waals surface area (Å²) in [6.07, 6.45) is -1.04. The number of likely N-dealkylation sites (tertiary alicyclic amines) is 1. The largest absolute Gasteiger partial charge is 0.494 e. The van der Waals surface area contributed by atoms with Crippen LogP contribution in [0, 0.1) is 16.7 Å². The number of amides is 4. The van der Waals surface area contributed by atoms with E-state index in [9.17, 15) is 42.7 Å². The number of halogens is 3. The van der Waals surface area contributed by atoms with Gasteiger partial charge in [-0.2, -0.15) is 18.4 Å². The molecule has 0 saturated carbocycles. The van der Waals surface area contributed by atoms with Crippen molar-refractivity contribution in [2.75, 3.05) is 49.4 Å². The predicted molar refractivity (Wildman–Crippen MR) is 266 cm³/mol. The third-order valence-corrected chi connectivity index (χ3v) is 13.0. The molecule has 4 amide bonds. The van der Waals surface area contributed by atoms with Gasteiger partial charge in [-0.1, -0.05) is 45.0 Å². The average Bonchev–Trinajstić information content (AvgIpc) is 3.98. The molecular weight excluding hydrogens is 940 g/mol. The number of aliphatic imine (C=N–C) groups is 1. The predicted octanol–water partition coefficient (Wildman–Crippen LogP) is 7.65. The van der Waals surface area contributed by atoms with Gasteiger partial charge in [0.15, 0.2) is 5.11 Å². The van der Waals surface area contributed by atoms with Crippen LogP contribution in [-0.2, 0) is 34.8 Å². The molecule has 0 radical (unpaired) electrons. The van der Waals surface area contributed by atoms with Crippen molar-refractivity contribution < 1.29 is 51.7 Å². The number of alkyl halides is 3. The second-order valence-corrected chi connectivity index (χ2v) is 19.8. The molecule has 0 aliphatic carbocycles. The van der Waals surface area contributed by atoms with Crippen LogP contribution in [0.2, 0.25) is 0 Å². The number of allylic oxidation sites excluding steroid dienone is 2. The quantitative estimate of drug-likeness (QED) is 0.0746. The van der Waals surface area contributed by atoms with E-state index in [0.717, 1.165) is 45.9 Å². The number of benzene rings is 3. The Kier molecular flexibility index (Phi) is 17.5. The van der Waals surface area contributed by atoms with Gasteiger partial charge in [0.25, 0.3) is 5.91 Å². The van der Waals surface area contributed by atoms with Gasteiger partial charge in [-0.3, -0.25) is 29.1 Å². The van der Waals surface area contributed by atoms with E-state index in [1.807, 2.05) is 65.1 Å². The summed E-state index contributed by atoms with van der Waals surface area (Å²) in [6.45, 7) is 13.7. The van der Waals surface area contributed by atoms with Gasteiger partial charge in [-0.25, -0.2) is 0 Å². The maximum absolute atomic E-state index is 14.0. The van der Waals surface area contributed by atoms with Crippen LogP contribution in [0.4, 0.5) is 24.5 Å². The topological polar surface area (TPSA) is 186 Å². The summed E-state index contributed by atoms with van der Waals surface area (Å²) in [4.78, 5) is 62.6. The molecule has 6 rings (SSSR count). The summed E-state index contributed by atoms with van der Waals surface area (Å²) in [5, 5.41) is 25.6. The number of aliphatic hydroxyl groups excluding tert-OH is 1. The lowest BCUT2D eigenvalue weighted by atomic mass is 9.85. The standard InChI is InChI=1S/C52H62F3N7O8S/c1-32(34-11-13-35(14-12-34)41-21-22-57-33(41)2)58-46(65)43-28-39(63)30-60(43)47(66)45(50(3,4)5)59-44(64)31-69-25-10-24-68-23-8-9-26-70-40-19-17-37(18-20-40)62-49(71)61(48(67)51(62,6)7)38-16-15-36(29-56)42(27-38)52(53,54)55/h11-20,22,27,32,39,43,45,63H,8-10,21,23-26,28,30-31H2,1-7H3,(H,58,65)(H,59,64)/t32-,39+,43-,45?/m0/s1. The second kappa shape index (κ2) is 22.9. The van der Waals surface area contributed by atoms with Gasteiger partial charge in [0.2, 0.25) is 17.7 Å². The van der Waals surface area contributed by atoms with E-state index in [-0.39, 0.29) is 48.9 Å². The Hall–Kier alpha value is -6.20. The van der Waals surface area contributed by atoms with Crippen LogP contribution >= 0.6 is 12.2 Å². The molecule has 4 atom stereocenters. The number of nitrogens with one attached hydrogen (secondary N) is 2. The summed E-state index contributed by atoms with van der Waals surface area (Å²) >= 11 is 5.62. The van der Waals surface area contributed by atoms with Gasteiger partial charge in [-0.05, 0) is 124 Å². The number of carbonyl (C=O) groups is 4. The van der Waals surface area contributed by atoms with Gasteiger partial charge in [0.1, 0.15) is 30.0 Å². The first-order chi connectivity index (χ1) is 33.5. The molecular formula is C52H62F3N7O8S. The molecule has 3 aliphatic rings. The third-order valence-electron chi connectivity index (χ3n) is 12.6. The van der Waals surface area contributed by atoms with Crippen molar-refractivity contribution in [2.24, 2.45) is 10.4 Å². The number of carbonyl (C=O) groups excluding carboxylic acids is 4. The summed E-state index contributed by atoms with van der Waals surface area (Å²) in [5.41, 5.74) is 0.896. The molecule has 71 heavy (non-hydrogen) atoms. The Morgan fingerprint density at radius 2 is 1.59 bits per heavy atom. The zero-order valence-electron chi connectivity index (χ0n) is 41.1. The molecule has 0 bridgehead atoms. The molecule has 3 aromatic carbocycles. The third kappa shape index (κ3) is 13.0. The lowest BCUT2D eigenvalue weighted by Gasteiger charge is -2.35. The van der Waals surface area contributed by atoms with Crippen molar-refractivity contribution in [1.82, 2.24) is 15.5 Å². The SMILES string of the molecule is CC1=C(c2ccc([C@H](C)NC(=O)[C@@H]3C[C@@H](O)CN3C(=O)C(NC(=O)COCCCOCCCCOc3ccc(N4C(=S)N(c5ccc(C#N)c(C(F)(F)F)c5)C(=O)C4(C)C)cc3)C(C)(C)C)cc2)CC=N1. The minimum atomic E-state index is -4.80. The van der Waals surface area contributed by atoms with E-state index in [4.69, 9.17) is 26.4 Å². The zero-order chi connectivity index (χ0) is 51.8. The Morgan fingerprint density at radius 3 is 2.23 bits per heavy atom. The van der Waals surface area contributed by atoms with E-state index >= 15 is 0 Å². The summed E-state index contributed by atoms with van der Waals surface area (Å²) in [6, 6.07) is 17.1. The summed E-state index contributed by atoms with van der Waals surface area (Å²) < 4.78 is 58.3. The molecule has 15 nitrogen and oxygen atoms in total. The number of aliphatic hydroxyl groups is 1. The van der Waals surface area contributed by atoms with Crippen molar-refractivity contribution in [2.45, 2.75) is 117 Å². The van der Waals surface area contributed by atoms with Crippen molar-refractivity contribution in [1.29, 1.82) is 5.26 Å². The normalized spacial score (nSPS) is 18.8. The first-order valence-corrected chi connectivity index (χ1v) is 24.0. The maximum Gasteiger partial charge on any atom is 0.417 e. The van der Waals surface area contributed by atoms with Crippen molar-refractivity contribution in [3.05, 3.63) is 94.7 Å². The van der Waals surface area contributed by atoms with Gasteiger partial charge in [-0.15, -0.1) is 0 Å². The first-order valence-electron chi connectivity index (χ1n) is 23.6. The van der Waals surface area contributed by atoms with Gasteiger partial charge in [0.05, 0.1) is 41.6 Å². The van der Waals surface area contributed by atoms with Crippen LogP contribution in [0.3, 0.4) is 0 Å². The monoisotopic (exact) mass is 1000 g/mol. The first kappa shape index (κ1) is 54.1. The highest BCUT2D eigenvalue weighted by molar-refractivity contribution is 7.81. The van der Waals surface area contributed by atoms with Crippen LogP contribution < -0.4 is 25.2 Å². The number of thiocarbonyl (C=S) groups is 1. The van der Waals surface area contributed by atoms with E-state index in [1.165, 1.54) is 11.0 Å². The molecule has 19 heteroatoms. The lowest BCUT2D eigenvalue weighted by Crippen LogP contribution is -2.58. The minimum Gasteiger partial charge on any atom is -0.494 e. The van der Waals surface area contributed by atoms with Gasteiger partial charge >= 0.3 is 6.18 Å². The molecule has 3 aliphatic heterocycles. The summed E-state index contributed by atoms with van der Waals surface area (Å²) in [5.74, 6) is -1.29. The Morgan fingerprint density at radius 1 is 0.944 bits per heavy atom. The highest BCUT2D eigenvalue weighted by Crippen LogP contribution is 2.40.